The van der Waals surface area contributed by atoms with Gasteiger partial charge >= 0.3 is 0 Å². The van der Waals surface area contributed by atoms with Crippen LogP contribution in [0.4, 0.5) is 0 Å². The van der Waals surface area contributed by atoms with Crippen LogP contribution in [0.15, 0.2) is 5.38 Å². The van der Waals surface area contributed by atoms with Gasteiger partial charge in [-0.25, -0.2) is 4.98 Å². The van der Waals surface area contributed by atoms with E-state index in [1.165, 1.54) is 0 Å². The van der Waals surface area contributed by atoms with Crippen molar-refractivity contribution in [3.05, 3.63) is 16.1 Å². The summed E-state index contributed by atoms with van der Waals surface area (Å²) >= 11 is 1.66. The maximum absolute atomic E-state index is 9.26. The Labute approximate surface area is 88.0 Å². The maximum Gasteiger partial charge on any atom is 0.0954 e. The molecule has 78 valence electrons. The van der Waals surface area contributed by atoms with Gasteiger partial charge in [0, 0.05) is 11.3 Å². The largest absolute Gasteiger partial charge is 0.393 e. The summed E-state index contributed by atoms with van der Waals surface area (Å²) < 4.78 is 0. The zero-order chi connectivity index (χ0) is 10.3. The van der Waals surface area contributed by atoms with E-state index in [1.807, 2.05) is 5.38 Å². The van der Waals surface area contributed by atoms with Crippen LogP contribution < -0.4 is 5.73 Å². The summed E-state index contributed by atoms with van der Waals surface area (Å²) in [5, 5.41) is 12.4. The van der Waals surface area contributed by atoms with Gasteiger partial charge in [-0.3, -0.25) is 0 Å². The lowest BCUT2D eigenvalue weighted by molar-refractivity contribution is 0.0190. The number of rotatable bonds is 2. The second-order valence-electron chi connectivity index (χ2n) is 4.44. The van der Waals surface area contributed by atoms with E-state index in [9.17, 15) is 5.11 Å². The SMILES string of the molecule is CC(C)c1nc(C2(N)CC(O)C2)cs1. The van der Waals surface area contributed by atoms with Gasteiger partial charge in [-0.1, -0.05) is 13.8 Å². The molecule has 1 saturated carbocycles. The monoisotopic (exact) mass is 212 g/mol. The molecule has 1 fully saturated rings. The predicted molar refractivity (Wildman–Crippen MR) is 57.3 cm³/mol. The average Bonchev–Trinajstić information content (AvgIpc) is 2.49. The number of nitrogens with two attached hydrogens (primary N) is 1. The van der Waals surface area contributed by atoms with Crippen LogP contribution in [0.1, 0.15) is 43.3 Å². The smallest absolute Gasteiger partial charge is 0.0954 e. The van der Waals surface area contributed by atoms with Crippen LogP contribution in [0.2, 0.25) is 0 Å². The molecule has 0 saturated heterocycles. The number of thiazole rings is 1. The van der Waals surface area contributed by atoms with Crippen LogP contribution in [-0.2, 0) is 5.54 Å². The van der Waals surface area contributed by atoms with Gasteiger partial charge in [-0.05, 0) is 12.8 Å². The third-order valence-electron chi connectivity index (χ3n) is 2.73. The van der Waals surface area contributed by atoms with Crippen molar-refractivity contribution in [2.24, 2.45) is 5.73 Å². The molecule has 1 aliphatic rings. The molecule has 0 radical (unpaired) electrons. The molecule has 1 aromatic rings. The molecule has 0 amide bonds. The van der Waals surface area contributed by atoms with Crippen molar-refractivity contribution in [1.82, 2.24) is 4.98 Å². The highest BCUT2D eigenvalue weighted by Gasteiger charge is 2.43. The van der Waals surface area contributed by atoms with Crippen LogP contribution in [-0.4, -0.2) is 16.2 Å². The second kappa shape index (κ2) is 3.29. The molecule has 0 bridgehead atoms. The average molecular weight is 212 g/mol. The summed E-state index contributed by atoms with van der Waals surface area (Å²) in [5.74, 6) is 0.461. The predicted octanol–water partition coefficient (Wildman–Crippen LogP) is 1.58. The van der Waals surface area contributed by atoms with E-state index in [1.54, 1.807) is 11.3 Å². The first-order valence-electron chi connectivity index (χ1n) is 4.94. The van der Waals surface area contributed by atoms with Gasteiger partial charge in [0.15, 0.2) is 0 Å². The summed E-state index contributed by atoms with van der Waals surface area (Å²) in [4.78, 5) is 4.52. The van der Waals surface area contributed by atoms with Gasteiger partial charge in [0.2, 0.25) is 0 Å². The molecule has 2 rings (SSSR count). The normalized spacial score (nSPS) is 31.9. The van der Waals surface area contributed by atoms with Crippen LogP contribution in [0.5, 0.6) is 0 Å². The Hall–Kier alpha value is -0.450. The van der Waals surface area contributed by atoms with Crippen molar-refractivity contribution >= 4 is 11.3 Å². The zero-order valence-electron chi connectivity index (χ0n) is 8.53. The summed E-state index contributed by atoms with van der Waals surface area (Å²) in [6, 6.07) is 0. The highest BCUT2D eigenvalue weighted by Crippen LogP contribution is 2.39. The number of hydrogen-bond donors (Lipinski definition) is 2. The van der Waals surface area contributed by atoms with Crippen LogP contribution in [0.25, 0.3) is 0 Å². The van der Waals surface area contributed by atoms with Gasteiger partial charge < -0.3 is 10.8 Å². The van der Waals surface area contributed by atoms with E-state index >= 15 is 0 Å². The van der Waals surface area contributed by atoms with Crippen molar-refractivity contribution in [1.29, 1.82) is 0 Å². The number of nitrogens with zero attached hydrogens (tertiary/aromatic N) is 1. The Morgan fingerprint density at radius 1 is 1.64 bits per heavy atom. The minimum Gasteiger partial charge on any atom is -0.393 e. The van der Waals surface area contributed by atoms with Crippen LogP contribution >= 0.6 is 11.3 Å². The van der Waals surface area contributed by atoms with Gasteiger partial charge in [0.1, 0.15) is 0 Å². The third-order valence-corrected chi connectivity index (χ3v) is 3.87. The molecule has 3 N–H and O–H groups in total. The Bertz CT molecular complexity index is 329. The molecule has 0 aliphatic heterocycles. The Kier molecular flexibility index (Phi) is 2.37. The van der Waals surface area contributed by atoms with E-state index in [2.05, 4.69) is 18.8 Å². The molecule has 0 atom stereocenters. The molecule has 0 unspecified atom stereocenters. The minimum absolute atomic E-state index is 0.232. The molecular formula is C10H16N2OS. The van der Waals surface area contributed by atoms with Gasteiger partial charge in [-0.15, -0.1) is 11.3 Å². The van der Waals surface area contributed by atoms with Crippen molar-refractivity contribution in [2.45, 2.75) is 44.2 Å². The van der Waals surface area contributed by atoms with Gasteiger partial charge in [-0.2, -0.15) is 0 Å². The van der Waals surface area contributed by atoms with E-state index < -0.39 is 0 Å². The lowest BCUT2D eigenvalue weighted by Gasteiger charge is -2.40. The Morgan fingerprint density at radius 3 is 2.71 bits per heavy atom. The van der Waals surface area contributed by atoms with E-state index in [0.717, 1.165) is 10.7 Å². The summed E-state index contributed by atoms with van der Waals surface area (Å²) in [6.45, 7) is 4.25. The molecule has 3 nitrogen and oxygen atoms in total. The molecular weight excluding hydrogens is 196 g/mol. The summed E-state index contributed by atoms with van der Waals surface area (Å²) in [7, 11) is 0. The number of aliphatic hydroxyl groups excluding tert-OH is 1. The standard InChI is InChI=1S/C10H16N2OS/c1-6(2)9-12-8(5-14-9)10(11)3-7(13)4-10/h5-7,13H,3-4,11H2,1-2H3. The summed E-state index contributed by atoms with van der Waals surface area (Å²) in [6.07, 6.45) is 1.06. The molecule has 0 spiro atoms. The number of aliphatic hydroxyl groups is 1. The fraction of sp³-hybridized carbons (Fsp3) is 0.700. The number of hydrogen-bond acceptors (Lipinski definition) is 4. The molecule has 14 heavy (non-hydrogen) atoms. The quantitative estimate of drug-likeness (QED) is 0.782. The highest BCUT2D eigenvalue weighted by atomic mass is 32.1. The van der Waals surface area contributed by atoms with E-state index in [-0.39, 0.29) is 11.6 Å². The van der Waals surface area contributed by atoms with Crippen molar-refractivity contribution in [2.75, 3.05) is 0 Å². The topological polar surface area (TPSA) is 59.1 Å². The van der Waals surface area contributed by atoms with Crippen molar-refractivity contribution in [3.63, 3.8) is 0 Å². The zero-order valence-corrected chi connectivity index (χ0v) is 9.34. The second-order valence-corrected chi connectivity index (χ2v) is 5.33. The maximum atomic E-state index is 9.26. The highest BCUT2D eigenvalue weighted by molar-refractivity contribution is 7.09. The minimum atomic E-state index is -0.358. The van der Waals surface area contributed by atoms with Crippen LogP contribution in [0, 0.1) is 0 Å². The van der Waals surface area contributed by atoms with E-state index in [4.69, 9.17) is 5.73 Å². The lowest BCUT2D eigenvalue weighted by atomic mass is 9.73. The molecule has 4 heteroatoms. The first-order chi connectivity index (χ1) is 6.51. The lowest BCUT2D eigenvalue weighted by Crippen LogP contribution is -2.51. The molecule has 0 aromatic carbocycles. The fourth-order valence-corrected chi connectivity index (χ4v) is 2.71. The Morgan fingerprint density at radius 2 is 2.29 bits per heavy atom. The molecule has 1 aromatic heterocycles. The third kappa shape index (κ3) is 1.58. The molecule has 1 aliphatic carbocycles. The first-order valence-corrected chi connectivity index (χ1v) is 5.82. The van der Waals surface area contributed by atoms with Gasteiger partial charge in [0.05, 0.1) is 22.3 Å². The van der Waals surface area contributed by atoms with Crippen molar-refractivity contribution < 1.29 is 5.11 Å². The molecule has 1 heterocycles. The van der Waals surface area contributed by atoms with Crippen molar-refractivity contribution in [3.8, 4) is 0 Å². The fourth-order valence-electron chi connectivity index (χ4n) is 1.77. The Balaban J connectivity index is 2.17. The first kappa shape index (κ1) is 10.1. The van der Waals surface area contributed by atoms with Gasteiger partial charge in [0.25, 0.3) is 0 Å². The van der Waals surface area contributed by atoms with E-state index in [0.29, 0.717) is 18.8 Å². The van der Waals surface area contributed by atoms with Crippen LogP contribution in [0.3, 0.4) is 0 Å². The number of aromatic nitrogens is 1. The summed E-state index contributed by atoms with van der Waals surface area (Å²) in [5.41, 5.74) is 6.71.